The first kappa shape index (κ1) is 14.5. The lowest BCUT2D eigenvalue weighted by atomic mass is 9.86. The highest BCUT2D eigenvalue weighted by atomic mass is 16.2. The number of rotatable bonds is 5. The van der Waals surface area contributed by atoms with Gasteiger partial charge in [-0.05, 0) is 37.6 Å². The molecule has 4 nitrogen and oxygen atoms in total. The van der Waals surface area contributed by atoms with Crippen molar-refractivity contribution >= 4 is 17.3 Å². The number of nitrogens with one attached hydrogen (secondary N) is 1. The minimum Gasteiger partial charge on any atom is -0.378 e. The fourth-order valence-electron chi connectivity index (χ4n) is 1.52. The Balaban J connectivity index is 2.76. The summed E-state index contributed by atoms with van der Waals surface area (Å²) in [5, 5.41) is 2.91. The normalized spacial score (nSPS) is 13.8. The second-order valence-corrected chi connectivity index (χ2v) is 5.01. The van der Waals surface area contributed by atoms with Gasteiger partial charge in [-0.1, -0.05) is 6.92 Å². The lowest BCUT2D eigenvalue weighted by Crippen LogP contribution is -2.39. The molecule has 100 valence electrons. The van der Waals surface area contributed by atoms with Crippen LogP contribution in [0.5, 0.6) is 0 Å². The third-order valence-electron chi connectivity index (χ3n) is 3.42. The molecular formula is C14H23N3O. The van der Waals surface area contributed by atoms with Crippen LogP contribution < -0.4 is 16.0 Å². The van der Waals surface area contributed by atoms with Gasteiger partial charge in [0.2, 0.25) is 5.91 Å². The summed E-state index contributed by atoms with van der Waals surface area (Å²) < 4.78 is 0. The minimum atomic E-state index is -0.500. The number of anilines is 2. The van der Waals surface area contributed by atoms with Gasteiger partial charge in [-0.3, -0.25) is 4.79 Å². The zero-order valence-electron chi connectivity index (χ0n) is 11.7. The molecule has 0 bridgehead atoms. The van der Waals surface area contributed by atoms with E-state index in [1.165, 1.54) is 0 Å². The molecule has 1 aromatic carbocycles. The average molecular weight is 249 g/mol. The molecule has 0 heterocycles. The average Bonchev–Trinajstić information content (AvgIpc) is 2.38. The Kier molecular flexibility index (Phi) is 4.73. The highest BCUT2D eigenvalue weighted by Crippen LogP contribution is 2.23. The number of hydrogen-bond donors (Lipinski definition) is 2. The molecule has 0 aliphatic heterocycles. The van der Waals surface area contributed by atoms with Crippen molar-refractivity contribution in [3.05, 3.63) is 24.3 Å². The SMILES string of the molecule is CCC(C)(CN)C(=O)Nc1ccc(N(C)C)cc1. The predicted octanol–water partition coefficient (Wildman–Crippen LogP) is 2.07. The van der Waals surface area contributed by atoms with Gasteiger partial charge in [0, 0.05) is 32.0 Å². The molecule has 1 atom stereocenters. The van der Waals surface area contributed by atoms with E-state index >= 15 is 0 Å². The van der Waals surface area contributed by atoms with Gasteiger partial charge in [-0.2, -0.15) is 0 Å². The van der Waals surface area contributed by atoms with E-state index in [1.54, 1.807) is 0 Å². The van der Waals surface area contributed by atoms with Gasteiger partial charge < -0.3 is 16.0 Å². The Hall–Kier alpha value is -1.55. The van der Waals surface area contributed by atoms with Crippen LogP contribution in [0.4, 0.5) is 11.4 Å². The van der Waals surface area contributed by atoms with Gasteiger partial charge in [-0.25, -0.2) is 0 Å². The maximum absolute atomic E-state index is 12.1. The molecule has 0 radical (unpaired) electrons. The summed E-state index contributed by atoms with van der Waals surface area (Å²) in [6.07, 6.45) is 0.727. The van der Waals surface area contributed by atoms with Gasteiger partial charge in [0.15, 0.2) is 0 Å². The van der Waals surface area contributed by atoms with Crippen LogP contribution in [0.15, 0.2) is 24.3 Å². The summed E-state index contributed by atoms with van der Waals surface area (Å²) in [6, 6.07) is 7.75. The molecule has 4 heteroatoms. The maximum Gasteiger partial charge on any atom is 0.231 e. The fraction of sp³-hybridized carbons (Fsp3) is 0.500. The van der Waals surface area contributed by atoms with Crippen molar-refractivity contribution in [2.45, 2.75) is 20.3 Å². The third kappa shape index (κ3) is 3.23. The van der Waals surface area contributed by atoms with Gasteiger partial charge >= 0.3 is 0 Å². The molecular weight excluding hydrogens is 226 g/mol. The van der Waals surface area contributed by atoms with Crippen LogP contribution in [-0.2, 0) is 4.79 Å². The second-order valence-electron chi connectivity index (χ2n) is 5.01. The van der Waals surface area contributed by atoms with E-state index < -0.39 is 5.41 Å². The molecule has 0 saturated heterocycles. The molecule has 0 aliphatic rings. The first-order valence-corrected chi connectivity index (χ1v) is 6.22. The maximum atomic E-state index is 12.1. The van der Waals surface area contributed by atoms with Crippen LogP contribution in [0.2, 0.25) is 0 Å². The molecule has 3 N–H and O–H groups in total. The van der Waals surface area contributed by atoms with E-state index in [0.29, 0.717) is 6.54 Å². The number of hydrogen-bond acceptors (Lipinski definition) is 3. The quantitative estimate of drug-likeness (QED) is 0.840. The van der Waals surface area contributed by atoms with Crippen LogP contribution in [0, 0.1) is 5.41 Å². The molecule has 18 heavy (non-hydrogen) atoms. The monoisotopic (exact) mass is 249 g/mol. The summed E-state index contributed by atoms with van der Waals surface area (Å²) in [4.78, 5) is 14.1. The van der Waals surface area contributed by atoms with Crippen LogP contribution in [0.25, 0.3) is 0 Å². The lowest BCUT2D eigenvalue weighted by Gasteiger charge is -2.25. The fourth-order valence-corrected chi connectivity index (χ4v) is 1.52. The topological polar surface area (TPSA) is 58.4 Å². The molecule has 1 rings (SSSR count). The molecule has 1 unspecified atom stereocenters. The summed E-state index contributed by atoms with van der Waals surface area (Å²) >= 11 is 0. The third-order valence-corrected chi connectivity index (χ3v) is 3.42. The summed E-state index contributed by atoms with van der Waals surface area (Å²) in [5.74, 6) is -0.0231. The van der Waals surface area contributed by atoms with E-state index in [-0.39, 0.29) is 5.91 Å². The molecule has 0 aliphatic carbocycles. The van der Waals surface area contributed by atoms with Crippen LogP contribution in [0.3, 0.4) is 0 Å². The number of carbonyl (C=O) groups excluding carboxylic acids is 1. The van der Waals surface area contributed by atoms with Crippen molar-refractivity contribution in [1.29, 1.82) is 0 Å². The Morgan fingerprint density at radius 3 is 2.28 bits per heavy atom. The number of carbonyl (C=O) groups is 1. The Bertz CT molecular complexity index is 394. The molecule has 0 spiro atoms. The minimum absolute atomic E-state index is 0.0231. The van der Waals surface area contributed by atoms with Crippen LogP contribution in [0.1, 0.15) is 20.3 Å². The Morgan fingerprint density at radius 2 is 1.89 bits per heavy atom. The summed E-state index contributed by atoms with van der Waals surface area (Å²) in [7, 11) is 3.96. The smallest absolute Gasteiger partial charge is 0.231 e. The largest absolute Gasteiger partial charge is 0.378 e. The van der Waals surface area contributed by atoms with E-state index in [0.717, 1.165) is 17.8 Å². The van der Waals surface area contributed by atoms with Crippen molar-refractivity contribution < 1.29 is 4.79 Å². The van der Waals surface area contributed by atoms with Crippen LogP contribution in [-0.4, -0.2) is 26.5 Å². The van der Waals surface area contributed by atoms with Gasteiger partial charge in [0.05, 0.1) is 5.41 Å². The first-order chi connectivity index (χ1) is 8.42. The number of nitrogens with zero attached hydrogens (tertiary/aromatic N) is 1. The summed E-state index contributed by atoms with van der Waals surface area (Å²) in [6.45, 7) is 4.21. The van der Waals surface area contributed by atoms with Crippen LogP contribution >= 0.6 is 0 Å². The zero-order chi connectivity index (χ0) is 13.8. The van der Waals surface area contributed by atoms with Crippen molar-refractivity contribution in [3.63, 3.8) is 0 Å². The predicted molar refractivity (Wildman–Crippen MR) is 76.9 cm³/mol. The van der Waals surface area contributed by atoms with Gasteiger partial charge in [0.1, 0.15) is 0 Å². The molecule has 0 fully saturated rings. The molecule has 1 amide bonds. The van der Waals surface area contributed by atoms with Crippen molar-refractivity contribution in [2.75, 3.05) is 30.9 Å². The summed E-state index contributed by atoms with van der Waals surface area (Å²) in [5.41, 5.74) is 7.07. The Labute approximate surface area is 109 Å². The van der Waals surface area contributed by atoms with E-state index in [9.17, 15) is 4.79 Å². The number of nitrogens with two attached hydrogens (primary N) is 1. The van der Waals surface area contributed by atoms with Gasteiger partial charge in [-0.15, -0.1) is 0 Å². The van der Waals surface area contributed by atoms with Crippen molar-refractivity contribution in [2.24, 2.45) is 11.1 Å². The number of amides is 1. The van der Waals surface area contributed by atoms with Gasteiger partial charge in [0.25, 0.3) is 0 Å². The standard InChI is InChI=1S/C14H23N3O/c1-5-14(2,10-15)13(18)16-11-6-8-12(9-7-11)17(3)4/h6-9H,5,10,15H2,1-4H3,(H,16,18). The molecule has 0 saturated carbocycles. The zero-order valence-corrected chi connectivity index (χ0v) is 11.7. The van der Waals surface area contributed by atoms with Crippen molar-refractivity contribution in [1.82, 2.24) is 0 Å². The Morgan fingerprint density at radius 1 is 1.33 bits per heavy atom. The molecule has 0 aromatic heterocycles. The highest BCUT2D eigenvalue weighted by molar-refractivity contribution is 5.95. The molecule has 1 aromatic rings. The van der Waals surface area contributed by atoms with E-state index in [1.807, 2.05) is 57.1 Å². The second kappa shape index (κ2) is 5.87. The lowest BCUT2D eigenvalue weighted by molar-refractivity contribution is -0.124. The first-order valence-electron chi connectivity index (χ1n) is 6.22. The van der Waals surface area contributed by atoms with Crippen molar-refractivity contribution in [3.8, 4) is 0 Å². The number of benzene rings is 1. The van der Waals surface area contributed by atoms with E-state index in [2.05, 4.69) is 5.32 Å². The van der Waals surface area contributed by atoms with E-state index in [4.69, 9.17) is 5.73 Å². The highest BCUT2D eigenvalue weighted by Gasteiger charge is 2.29.